The average Bonchev–Trinajstić information content (AvgIpc) is 3.28. The summed E-state index contributed by atoms with van der Waals surface area (Å²) in [4.78, 5) is 41.0. The Morgan fingerprint density at radius 3 is 2.61 bits per heavy atom. The lowest BCUT2D eigenvalue weighted by Crippen LogP contribution is -2.68. The highest BCUT2D eigenvalue weighted by atomic mass is 16.4. The van der Waals surface area contributed by atoms with Gasteiger partial charge in [-0.15, -0.1) is 0 Å². The monoisotopic (exact) mass is 427 g/mol. The second-order valence-corrected chi connectivity index (χ2v) is 8.40. The summed E-state index contributed by atoms with van der Waals surface area (Å²) in [6.07, 6.45) is 8.13. The molecule has 1 unspecified atom stereocenters. The molecule has 4 rings (SSSR count). The van der Waals surface area contributed by atoms with E-state index < -0.39 is 11.8 Å². The average molecular weight is 428 g/mol. The van der Waals surface area contributed by atoms with Crippen molar-refractivity contribution in [3.05, 3.63) is 30.5 Å². The van der Waals surface area contributed by atoms with Gasteiger partial charge in [0.2, 0.25) is 11.9 Å². The van der Waals surface area contributed by atoms with Crippen molar-refractivity contribution in [2.24, 2.45) is 5.92 Å². The van der Waals surface area contributed by atoms with Gasteiger partial charge in [0.25, 0.3) is 0 Å². The predicted octanol–water partition coefficient (Wildman–Crippen LogP) is 2.18. The zero-order valence-corrected chi connectivity index (χ0v) is 18.0. The lowest BCUT2D eigenvalue weighted by molar-refractivity contribution is -0.127. The van der Waals surface area contributed by atoms with Gasteiger partial charge in [0.05, 0.1) is 0 Å². The standard InChI is InChI=1S/C21H29N7O3/c1-15-13-18(24-19(23-15)27-12-8-22-14-27)26-10-5-17(6-11-26)21(25-16(2)29)7-3-4-9-28(21)20(30)31/h8,12-14,17H,3-7,9-11H2,1-2H3,(H,25,29)(H,30,31). The summed E-state index contributed by atoms with van der Waals surface area (Å²) >= 11 is 0. The van der Waals surface area contributed by atoms with E-state index in [1.54, 1.807) is 17.1 Å². The minimum atomic E-state index is -0.965. The molecule has 1 atom stereocenters. The zero-order valence-electron chi connectivity index (χ0n) is 18.0. The molecule has 4 heterocycles. The molecule has 0 saturated carbocycles. The number of nitrogens with one attached hydrogen (secondary N) is 1. The molecule has 2 saturated heterocycles. The number of piperidine rings is 2. The highest BCUT2D eigenvalue weighted by Gasteiger charge is 2.49. The number of carbonyl (C=O) groups excluding carboxylic acids is 1. The van der Waals surface area contributed by atoms with Crippen molar-refractivity contribution in [1.29, 1.82) is 0 Å². The smallest absolute Gasteiger partial charge is 0.409 e. The van der Waals surface area contributed by atoms with Crippen LogP contribution in [0.1, 0.15) is 44.7 Å². The first-order valence-electron chi connectivity index (χ1n) is 10.8. The SMILES string of the molecule is CC(=O)NC1(C2CCN(c3cc(C)nc(-n4ccnc4)n3)CC2)CCCCN1C(=O)O. The first-order valence-corrected chi connectivity index (χ1v) is 10.8. The minimum absolute atomic E-state index is 0.0557. The second-order valence-electron chi connectivity index (χ2n) is 8.40. The van der Waals surface area contributed by atoms with Crippen LogP contribution in [0.3, 0.4) is 0 Å². The summed E-state index contributed by atoms with van der Waals surface area (Å²) in [6.45, 7) is 5.33. The van der Waals surface area contributed by atoms with Crippen LogP contribution < -0.4 is 10.2 Å². The maximum atomic E-state index is 12.0. The van der Waals surface area contributed by atoms with Crippen molar-refractivity contribution < 1.29 is 14.7 Å². The summed E-state index contributed by atoms with van der Waals surface area (Å²) in [6, 6.07) is 1.97. The molecular formula is C21H29N7O3. The van der Waals surface area contributed by atoms with Crippen molar-refractivity contribution in [2.75, 3.05) is 24.5 Å². The number of rotatable bonds is 4. The van der Waals surface area contributed by atoms with Crippen LogP contribution in [0.4, 0.5) is 10.6 Å². The van der Waals surface area contributed by atoms with Gasteiger partial charge in [-0.3, -0.25) is 14.3 Å². The van der Waals surface area contributed by atoms with E-state index in [0.717, 1.165) is 50.3 Å². The largest absolute Gasteiger partial charge is 0.465 e. The Hall–Kier alpha value is -3.17. The first-order chi connectivity index (χ1) is 14.9. The molecule has 2 fully saturated rings. The third kappa shape index (κ3) is 4.19. The van der Waals surface area contributed by atoms with Gasteiger partial charge in [-0.25, -0.2) is 14.8 Å². The number of aryl methyl sites for hydroxylation is 1. The fraction of sp³-hybridized carbons (Fsp3) is 0.571. The van der Waals surface area contributed by atoms with E-state index in [4.69, 9.17) is 4.98 Å². The molecule has 2 aromatic heterocycles. The molecule has 0 aromatic carbocycles. The minimum Gasteiger partial charge on any atom is -0.465 e. The van der Waals surface area contributed by atoms with E-state index in [0.29, 0.717) is 18.9 Å². The third-order valence-electron chi connectivity index (χ3n) is 6.35. The van der Waals surface area contributed by atoms with Gasteiger partial charge < -0.3 is 15.3 Å². The van der Waals surface area contributed by atoms with E-state index in [-0.39, 0.29) is 11.8 Å². The predicted molar refractivity (Wildman–Crippen MR) is 114 cm³/mol. The first kappa shape index (κ1) is 21.1. The maximum Gasteiger partial charge on any atom is 0.409 e. The molecule has 31 heavy (non-hydrogen) atoms. The van der Waals surface area contributed by atoms with Crippen LogP contribution in [0.25, 0.3) is 5.95 Å². The van der Waals surface area contributed by atoms with E-state index in [1.165, 1.54) is 11.8 Å². The normalized spacial score (nSPS) is 22.4. The van der Waals surface area contributed by atoms with Crippen molar-refractivity contribution >= 4 is 17.8 Å². The van der Waals surface area contributed by atoms with Crippen LogP contribution in [-0.2, 0) is 4.79 Å². The molecule has 10 nitrogen and oxygen atoms in total. The summed E-state index contributed by atoms with van der Waals surface area (Å²) in [5.74, 6) is 1.29. The lowest BCUT2D eigenvalue weighted by Gasteiger charge is -2.52. The van der Waals surface area contributed by atoms with Crippen LogP contribution in [0.2, 0.25) is 0 Å². The molecule has 2 amide bonds. The summed E-state index contributed by atoms with van der Waals surface area (Å²) in [5.41, 5.74) is 0.0424. The number of hydrogen-bond donors (Lipinski definition) is 2. The fourth-order valence-electron chi connectivity index (χ4n) is 5.00. The zero-order chi connectivity index (χ0) is 22.0. The van der Waals surface area contributed by atoms with Crippen molar-refractivity contribution in [3.8, 4) is 5.95 Å². The van der Waals surface area contributed by atoms with Crippen LogP contribution in [-0.4, -0.2) is 66.8 Å². The molecule has 10 heteroatoms. The van der Waals surface area contributed by atoms with Crippen LogP contribution in [0.5, 0.6) is 0 Å². The Morgan fingerprint density at radius 1 is 1.19 bits per heavy atom. The number of anilines is 1. The van der Waals surface area contributed by atoms with Gasteiger partial charge in [0.1, 0.15) is 17.8 Å². The Kier molecular flexibility index (Phi) is 5.79. The highest BCUT2D eigenvalue weighted by Crippen LogP contribution is 2.39. The lowest BCUT2D eigenvalue weighted by atomic mass is 9.77. The molecule has 2 aromatic rings. The number of carbonyl (C=O) groups is 2. The van der Waals surface area contributed by atoms with Crippen LogP contribution >= 0.6 is 0 Å². The van der Waals surface area contributed by atoms with E-state index in [2.05, 4.69) is 20.2 Å². The van der Waals surface area contributed by atoms with Crippen LogP contribution in [0, 0.1) is 12.8 Å². The van der Waals surface area contributed by atoms with Crippen LogP contribution in [0.15, 0.2) is 24.8 Å². The number of aromatic nitrogens is 4. The van der Waals surface area contributed by atoms with Crippen molar-refractivity contribution in [1.82, 2.24) is 29.7 Å². The Labute approximate surface area is 181 Å². The summed E-state index contributed by atoms with van der Waals surface area (Å²) in [5, 5.41) is 12.9. The molecular weight excluding hydrogens is 398 g/mol. The summed E-state index contributed by atoms with van der Waals surface area (Å²) in [7, 11) is 0. The number of amides is 2. The number of hydrogen-bond acceptors (Lipinski definition) is 6. The molecule has 0 bridgehead atoms. The number of carboxylic acid groups (broad SMARTS) is 1. The second kappa shape index (κ2) is 8.52. The highest BCUT2D eigenvalue weighted by molar-refractivity contribution is 5.75. The molecule has 2 aliphatic heterocycles. The van der Waals surface area contributed by atoms with Gasteiger partial charge in [-0.05, 0) is 39.0 Å². The molecule has 0 aliphatic carbocycles. The molecule has 0 spiro atoms. The van der Waals surface area contributed by atoms with E-state index in [9.17, 15) is 14.7 Å². The van der Waals surface area contributed by atoms with Gasteiger partial charge >= 0.3 is 6.09 Å². The fourth-order valence-corrected chi connectivity index (χ4v) is 5.00. The van der Waals surface area contributed by atoms with Crippen molar-refractivity contribution in [2.45, 2.75) is 51.6 Å². The van der Waals surface area contributed by atoms with E-state index >= 15 is 0 Å². The number of imidazole rings is 1. The summed E-state index contributed by atoms with van der Waals surface area (Å²) < 4.78 is 1.78. The van der Waals surface area contributed by atoms with E-state index in [1.807, 2.05) is 19.2 Å². The maximum absolute atomic E-state index is 12.0. The molecule has 166 valence electrons. The van der Waals surface area contributed by atoms with Gasteiger partial charge in [0.15, 0.2) is 0 Å². The van der Waals surface area contributed by atoms with Gasteiger partial charge in [0, 0.05) is 56.6 Å². The number of likely N-dealkylation sites (tertiary alicyclic amines) is 1. The van der Waals surface area contributed by atoms with Crippen molar-refractivity contribution in [3.63, 3.8) is 0 Å². The third-order valence-corrected chi connectivity index (χ3v) is 6.35. The molecule has 0 radical (unpaired) electrons. The Bertz CT molecular complexity index is 940. The topological polar surface area (TPSA) is 116 Å². The number of nitrogens with zero attached hydrogens (tertiary/aromatic N) is 6. The Morgan fingerprint density at radius 2 is 1.97 bits per heavy atom. The quantitative estimate of drug-likeness (QED) is 0.768. The molecule has 2 aliphatic rings. The van der Waals surface area contributed by atoms with Gasteiger partial charge in [-0.1, -0.05) is 0 Å². The Balaban J connectivity index is 1.54. The molecule has 2 N–H and O–H groups in total. The van der Waals surface area contributed by atoms with Gasteiger partial charge in [-0.2, -0.15) is 4.98 Å².